The molecular formula is C31H32N2O11. The molecule has 0 radical (unpaired) electrons. The summed E-state index contributed by atoms with van der Waals surface area (Å²) in [7, 11) is 1.30. The van der Waals surface area contributed by atoms with E-state index in [0.717, 1.165) is 5.56 Å². The summed E-state index contributed by atoms with van der Waals surface area (Å²) >= 11 is 0. The second-order valence-corrected chi connectivity index (χ2v) is 10.2. The van der Waals surface area contributed by atoms with E-state index in [9.17, 15) is 24.0 Å². The van der Waals surface area contributed by atoms with Crippen LogP contribution in [0.5, 0.6) is 11.5 Å². The topological polar surface area (TPSA) is 170 Å². The number of furan rings is 1. The highest BCUT2D eigenvalue weighted by molar-refractivity contribution is 5.99. The molecule has 0 aliphatic carbocycles. The van der Waals surface area contributed by atoms with Crippen LogP contribution in [0.4, 0.5) is 0 Å². The Morgan fingerprint density at radius 2 is 1.80 bits per heavy atom. The standard InChI is InChI=1S/C31H32N2O11/c1-17(2)28(35)43-25-18(3)42-30(37)21(16-41-29(36)20(25)15-19-9-6-5-7-10-19)33-27(34)24-26(22(39-4)12-13-32-24)44-31(38)23-11-8-14-40-23/h5-14,17-18,20-21,25H,15-16H2,1-4H3,(H,33,34)/t18-,20+,21-,25-/m0/s1. The summed E-state index contributed by atoms with van der Waals surface area (Å²) in [5, 5.41) is 2.43. The molecule has 2 aromatic heterocycles. The van der Waals surface area contributed by atoms with Crippen molar-refractivity contribution in [2.75, 3.05) is 13.7 Å². The van der Waals surface area contributed by atoms with E-state index in [1.807, 2.05) is 6.07 Å². The third kappa shape index (κ3) is 7.60. The first-order valence-electron chi connectivity index (χ1n) is 13.8. The van der Waals surface area contributed by atoms with Gasteiger partial charge in [0.2, 0.25) is 11.5 Å². The van der Waals surface area contributed by atoms with Crippen molar-refractivity contribution < 1.29 is 52.1 Å². The summed E-state index contributed by atoms with van der Waals surface area (Å²) < 4.78 is 32.4. The number of hydrogen-bond acceptors (Lipinski definition) is 12. The fourth-order valence-electron chi connectivity index (χ4n) is 4.37. The Labute approximate surface area is 252 Å². The molecule has 232 valence electrons. The molecule has 3 aromatic rings. The molecule has 1 aliphatic rings. The third-order valence-electron chi connectivity index (χ3n) is 6.69. The van der Waals surface area contributed by atoms with E-state index in [1.54, 1.807) is 38.1 Å². The zero-order valence-electron chi connectivity index (χ0n) is 24.5. The van der Waals surface area contributed by atoms with Crippen molar-refractivity contribution in [2.45, 2.75) is 45.4 Å². The first-order chi connectivity index (χ1) is 21.1. The Bertz CT molecular complexity index is 1490. The number of hydrogen-bond donors (Lipinski definition) is 1. The predicted octanol–water partition coefficient (Wildman–Crippen LogP) is 2.92. The van der Waals surface area contributed by atoms with Crippen LogP contribution >= 0.6 is 0 Å². The van der Waals surface area contributed by atoms with E-state index in [0.29, 0.717) is 0 Å². The lowest BCUT2D eigenvalue weighted by Gasteiger charge is -2.29. The number of nitrogens with one attached hydrogen (secondary N) is 1. The molecular weight excluding hydrogens is 576 g/mol. The Morgan fingerprint density at radius 1 is 1.05 bits per heavy atom. The number of pyridine rings is 1. The van der Waals surface area contributed by atoms with E-state index in [-0.39, 0.29) is 23.7 Å². The normalized spacial score (nSPS) is 20.3. The number of nitrogens with zero attached hydrogens (tertiary/aromatic N) is 1. The van der Waals surface area contributed by atoms with Crippen molar-refractivity contribution in [3.8, 4) is 11.5 Å². The molecule has 0 saturated carbocycles. The van der Waals surface area contributed by atoms with Crippen LogP contribution in [0.1, 0.15) is 47.4 Å². The van der Waals surface area contributed by atoms with Crippen molar-refractivity contribution >= 4 is 29.8 Å². The molecule has 1 amide bonds. The van der Waals surface area contributed by atoms with Crippen LogP contribution in [0.3, 0.4) is 0 Å². The van der Waals surface area contributed by atoms with Crippen molar-refractivity contribution in [1.29, 1.82) is 0 Å². The minimum absolute atomic E-state index is 0.000660. The van der Waals surface area contributed by atoms with Gasteiger partial charge in [0.05, 0.1) is 19.3 Å². The zero-order valence-corrected chi connectivity index (χ0v) is 24.5. The number of carbonyl (C=O) groups is 5. The van der Waals surface area contributed by atoms with Gasteiger partial charge in [-0.05, 0) is 31.0 Å². The quantitative estimate of drug-likeness (QED) is 0.279. The lowest BCUT2D eigenvalue weighted by Crippen LogP contribution is -2.47. The maximum Gasteiger partial charge on any atom is 0.379 e. The Kier molecular flexibility index (Phi) is 10.3. The van der Waals surface area contributed by atoms with Crippen LogP contribution in [-0.4, -0.2) is 66.7 Å². The van der Waals surface area contributed by atoms with Crippen molar-refractivity contribution in [3.63, 3.8) is 0 Å². The second-order valence-electron chi connectivity index (χ2n) is 10.2. The maximum atomic E-state index is 13.4. The van der Waals surface area contributed by atoms with Gasteiger partial charge in [-0.15, -0.1) is 0 Å². The van der Waals surface area contributed by atoms with Gasteiger partial charge in [0.1, 0.15) is 18.6 Å². The highest BCUT2D eigenvalue weighted by Crippen LogP contribution is 2.31. The van der Waals surface area contributed by atoms with Gasteiger partial charge in [-0.2, -0.15) is 0 Å². The van der Waals surface area contributed by atoms with Crippen LogP contribution in [0, 0.1) is 11.8 Å². The number of methoxy groups -OCH3 is 1. The Hall–Kier alpha value is -5.20. The number of esters is 4. The molecule has 4 rings (SSSR count). The molecule has 13 nitrogen and oxygen atoms in total. The van der Waals surface area contributed by atoms with Gasteiger partial charge in [0.25, 0.3) is 5.91 Å². The molecule has 3 heterocycles. The van der Waals surface area contributed by atoms with Gasteiger partial charge in [0, 0.05) is 12.3 Å². The average molecular weight is 609 g/mol. The number of rotatable bonds is 9. The number of cyclic esters (lactones) is 2. The number of aromatic nitrogens is 1. The molecule has 1 aliphatic heterocycles. The number of amides is 1. The van der Waals surface area contributed by atoms with Gasteiger partial charge in [-0.3, -0.25) is 14.4 Å². The molecule has 1 saturated heterocycles. The molecule has 0 spiro atoms. The van der Waals surface area contributed by atoms with Gasteiger partial charge < -0.3 is 33.4 Å². The number of ether oxygens (including phenoxy) is 5. The number of carbonyl (C=O) groups excluding carboxylic acids is 5. The number of benzene rings is 1. The minimum Gasteiger partial charge on any atom is -0.493 e. The smallest absolute Gasteiger partial charge is 0.379 e. The Morgan fingerprint density at radius 3 is 2.45 bits per heavy atom. The minimum atomic E-state index is -1.49. The molecule has 13 heteroatoms. The molecule has 1 aromatic carbocycles. The summed E-state index contributed by atoms with van der Waals surface area (Å²) in [5.74, 6) is -6.20. The van der Waals surface area contributed by atoms with E-state index >= 15 is 0 Å². The van der Waals surface area contributed by atoms with Crippen LogP contribution < -0.4 is 14.8 Å². The highest BCUT2D eigenvalue weighted by Gasteiger charge is 2.42. The predicted molar refractivity (Wildman–Crippen MR) is 151 cm³/mol. The van der Waals surface area contributed by atoms with Crippen LogP contribution in [0.15, 0.2) is 65.4 Å². The van der Waals surface area contributed by atoms with Gasteiger partial charge >= 0.3 is 23.9 Å². The summed E-state index contributed by atoms with van der Waals surface area (Å²) in [6.07, 6.45) is 0.373. The Balaban J connectivity index is 1.59. The molecule has 44 heavy (non-hydrogen) atoms. The van der Waals surface area contributed by atoms with Gasteiger partial charge in [0.15, 0.2) is 23.6 Å². The fraction of sp³-hybridized carbons (Fsp3) is 0.355. The van der Waals surface area contributed by atoms with Crippen LogP contribution in [0.25, 0.3) is 0 Å². The SMILES string of the molecule is COc1ccnc(C(=O)N[C@H]2COC(=O)[C@H](Cc3ccccc3)[C@@H](OC(=O)C(C)C)[C@H](C)OC2=O)c1OC(=O)c1ccco1. The first kappa shape index (κ1) is 31.7. The molecule has 1 fully saturated rings. The largest absolute Gasteiger partial charge is 0.493 e. The molecule has 0 unspecified atom stereocenters. The summed E-state index contributed by atoms with van der Waals surface area (Å²) in [4.78, 5) is 69.2. The van der Waals surface area contributed by atoms with Crippen LogP contribution in [0.2, 0.25) is 0 Å². The van der Waals surface area contributed by atoms with E-state index in [2.05, 4.69) is 10.3 Å². The van der Waals surface area contributed by atoms with Gasteiger partial charge in [-0.25, -0.2) is 14.6 Å². The lowest BCUT2D eigenvalue weighted by atomic mass is 9.91. The second kappa shape index (κ2) is 14.3. The van der Waals surface area contributed by atoms with E-state index in [1.165, 1.54) is 44.7 Å². The maximum absolute atomic E-state index is 13.4. The molecule has 4 atom stereocenters. The van der Waals surface area contributed by atoms with Crippen molar-refractivity contribution in [3.05, 3.63) is 78.0 Å². The summed E-state index contributed by atoms with van der Waals surface area (Å²) in [5.41, 5.74) is 0.366. The molecule has 0 bridgehead atoms. The van der Waals surface area contributed by atoms with Crippen molar-refractivity contribution in [1.82, 2.24) is 10.3 Å². The summed E-state index contributed by atoms with van der Waals surface area (Å²) in [6.45, 7) is 4.16. The third-order valence-corrected chi connectivity index (χ3v) is 6.69. The van der Waals surface area contributed by atoms with Crippen LogP contribution in [-0.2, 0) is 35.0 Å². The van der Waals surface area contributed by atoms with E-state index in [4.69, 9.17) is 28.1 Å². The zero-order chi connectivity index (χ0) is 31.8. The first-order valence-corrected chi connectivity index (χ1v) is 13.8. The fourth-order valence-corrected chi connectivity index (χ4v) is 4.37. The van der Waals surface area contributed by atoms with Gasteiger partial charge in [-0.1, -0.05) is 44.2 Å². The lowest BCUT2D eigenvalue weighted by molar-refractivity contribution is -0.176. The van der Waals surface area contributed by atoms with Crippen molar-refractivity contribution in [2.24, 2.45) is 11.8 Å². The molecule has 1 N–H and O–H groups in total. The highest BCUT2D eigenvalue weighted by atomic mass is 16.6. The van der Waals surface area contributed by atoms with E-state index < -0.39 is 72.2 Å². The average Bonchev–Trinajstić information content (AvgIpc) is 3.56. The summed E-state index contributed by atoms with van der Waals surface area (Å²) in [6, 6.07) is 11.7. The monoisotopic (exact) mass is 608 g/mol.